The molecule has 1 amide bonds. The van der Waals surface area contributed by atoms with Crippen LogP contribution in [0.5, 0.6) is 0 Å². The Morgan fingerprint density at radius 1 is 0.970 bits per heavy atom. The summed E-state index contributed by atoms with van der Waals surface area (Å²) in [5, 5.41) is 1.96. The van der Waals surface area contributed by atoms with Crippen molar-refractivity contribution < 1.29 is 4.79 Å². The van der Waals surface area contributed by atoms with Gasteiger partial charge in [0.1, 0.15) is 5.82 Å². The molecule has 3 heterocycles. The highest BCUT2D eigenvalue weighted by atomic mass is 16.2. The van der Waals surface area contributed by atoms with Gasteiger partial charge in [0.25, 0.3) is 5.56 Å². The number of likely N-dealkylation sites (tertiary alicyclic amines) is 1. The Morgan fingerprint density at radius 3 is 2.48 bits per heavy atom. The van der Waals surface area contributed by atoms with Crippen molar-refractivity contribution in [3.8, 4) is 0 Å². The molecule has 6 heteroatoms. The van der Waals surface area contributed by atoms with Crippen molar-refractivity contribution in [2.24, 2.45) is 0 Å². The van der Waals surface area contributed by atoms with Crippen LogP contribution in [0.3, 0.4) is 0 Å². The van der Waals surface area contributed by atoms with Gasteiger partial charge >= 0.3 is 0 Å². The summed E-state index contributed by atoms with van der Waals surface area (Å²) in [5.41, 5.74) is 3.30. The number of aromatic amines is 1. The van der Waals surface area contributed by atoms with Gasteiger partial charge < -0.3 is 9.88 Å². The number of aryl methyl sites for hydroxylation is 1. The van der Waals surface area contributed by atoms with Crippen LogP contribution in [0.2, 0.25) is 0 Å². The lowest BCUT2D eigenvalue weighted by Crippen LogP contribution is -2.38. The van der Waals surface area contributed by atoms with Crippen LogP contribution in [0, 0.1) is 0 Å². The molecular weight excluding hydrogens is 412 g/mol. The Hall–Kier alpha value is -3.41. The third-order valence-electron chi connectivity index (χ3n) is 7.26. The van der Waals surface area contributed by atoms with Crippen LogP contribution >= 0.6 is 0 Å². The summed E-state index contributed by atoms with van der Waals surface area (Å²) in [6.45, 7) is 1.56. The van der Waals surface area contributed by atoms with Crippen molar-refractivity contribution in [2.45, 2.75) is 50.5 Å². The van der Waals surface area contributed by atoms with Crippen LogP contribution in [-0.2, 0) is 11.2 Å². The summed E-state index contributed by atoms with van der Waals surface area (Å²) in [6.07, 6.45) is 7.04. The molecule has 2 fully saturated rings. The first-order valence-corrected chi connectivity index (χ1v) is 12.0. The predicted octanol–water partition coefficient (Wildman–Crippen LogP) is 4.55. The van der Waals surface area contributed by atoms with E-state index in [4.69, 9.17) is 4.98 Å². The minimum Gasteiger partial charge on any atom is -0.361 e. The highest BCUT2D eigenvalue weighted by molar-refractivity contribution is 5.84. The standard InChI is InChI=1S/C27H28N4O2/c32-26(30-15-13-18(14-16-30)22-17-28-23-7-3-1-5-20(22)23)12-11-25-29-24-8-4-2-6-21(24)27(33)31(25)19-9-10-19/h1-8,17-19,28H,9-16H2. The SMILES string of the molecule is O=C(CCc1nc2ccccc2c(=O)n1C1CC1)N1CCC(c2c[nH]c3ccccc23)CC1. The van der Waals surface area contributed by atoms with E-state index in [-0.39, 0.29) is 17.5 Å². The number of fused-ring (bicyclic) bond motifs is 2. The number of hydrogen-bond donors (Lipinski definition) is 1. The van der Waals surface area contributed by atoms with Gasteiger partial charge in [0.05, 0.1) is 10.9 Å². The van der Waals surface area contributed by atoms with E-state index >= 15 is 0 Å². The number of carbonyl (C=O) groups excluding carboxylic acids is 1. The average Bonchev–Trinajstić information content (AvgIpc) is 3.60. The van der Waals surface area contributed by atoms with Gasteiger partial charge in [-0.05, 0) is 55.4 Å². The Kier molecular flexibility index (Phi) is 5.01. The molecule has 2 aliphatic rings. The fourth-order valence-corrected chi connectivity index (χ4v) is 5.33. The molecule has 0 radical (unpaired) electrons. The minimum atomic E-state index is 0.0325. The number of rotatable bonds is 5. The number of carbonyl (C=O) groups is 1. The number of aromatic nitrogens is 3. The van der Waals surface area contributed by atoms with E-state index in [1.807, 2.05) is 33.7 Å². The van der Waals surface area contributed by atoms with Crippen LogP contribution in [0.1, 0.15) is 55.5 Å². The van der Waals surface area contributed by atoms with E-state index in [0.29, 0.717) is 24.1 Å². The van der Waals surface area contributed by atoms with Gasteiger partial charge in [-0.25, -0.2) is 4.98 Å². The third-order valence-corrected chi connectivity index (χ3v) is 7.26. The molecule has 1 aliphatic heterocycles. The van der Waals surface area contributed by atoms with Gasteiger partial charge in [-0.3, -0.25) is 14.2 Å². The predicted molar refractivity (Wildman–Crippen MR) is 129 cm³/mol. The summed E-state index contributed by atoms with van der Waals surface area (Å²) >= 11 is 0. The Balaban J connectivity index is 1.14. The molecule has 0 bridgehead atoms. The maximum absolute atomic E-state index is 13.0. The second kappa shape index (κ2) is 8.18. The van der Waals surface area contributed by atoms with Gasteiger partial charge in [-0.1, -0.05) is 30.3 Å². The second-order valence-electron chi connectivity index (χ2n) is 9.40. The summed E-state index contributed by atoms with van der Waals surface area (Å²) in [7, 11) is 0. The van der Waals surface area contributed by atoms with Crippen LogP contribution in [0.4, 0.5) is 0 Å². The lowest BCUT2D eigenvalue weighted by Gasteiger charge is -2.32. The first-order valence-electron chi connectivity index (χ1n) is 12.0. The van der Waals surface area contributed by atoms with Crippen molar-refractivity contribution >= 4 is 27.7 Å². The molecule has 168 valence electrons. The van der Waals surface area contributed by atoms with E-state index in [9.17, 15) is 9.59 Å². The van der Waals surface area contributed by atoms with E-state index < -0.39 is 0 Å². The highest BCUT2D eigenvalue weighted by Gasteiger charge is 2.29. The number of piperidine rings is 1. The maximum atomic E-state index is 13.0. The van der Waals surface area contributed by atoms with Crippen LogP contribution in [0.15, 0.2) is 59.5 Å². The molecule has 1 aliphatic carbocycles. The van der Waals surface area contributed by atoms with Crippen molar-refractivity contribution in [1.29, 1.82) is 0 Å². The summed E-state index contributed by atoms with van der Waals surface area (Å²) in [4.78, 5) is 36.2. The number of benzene rings is 2. The topological polar surface area (TPSA) is 71.0 Å². The molecule has 2 aromatic heterocycles. The van der Waals surface area contributed by atoms with E-state index in [0.717, 1.165) is 50.1 Å². The zero-order valence-electron chi connectivity index (χ0n) is 18.7. The number of nitrogens with zero attached hydrogens (tertiary/aromatic N) is 3. The quantitative estimate of drug-likeness (QED) is 0.495. The molecule has 33 heavy (non-hydrogen) atoms. The van der Waals surface area contributed by atoms with Gasteiger partial charge in [0.2, 0.25) is 5.91 Å². The van der Waals surface area contributed by atoms with Crippen molar-refractivity contribution in [3.05, 3.63) is 76.5 Å². The normalized spacial score (nSPS) is 17.2. The van der Waals surface area contributed by atoms with Crippen molar-refractivity contribution in [3.63, 3.8) is 0 Å². The van der Waals surface area contributed by atoms with Crippen molar-refractivity contribution in [1.82, 2.24) is 19.4 Å². The molecule has 0 spiro atoms. The van der Waals surface area contributed by atoms with E-state index in [2.05, 4.69) is 35.4 Å². The summed E-state index contributed by atoms with van der Waals surface area (Å²) < 4.78 is 1.85. The smallest absolute Gasteiger partial charge is 0.261 e. The number of amides is 1. The summed E-state index contributed by atoms with van der Waals surface area (Å²) in [6, 6.07) is 16.2. The zero-order valence-corrected chi connectivity index (χ0v) is 18.7. The maximum Gasteiger partial charge on any atom is 0.261 e. The Labute approximate surface area is 192 Å². The first-order chi connectivity index (χ1) is 16.2. The zero-order chi connectivity index (χ0) is 22.4. The molecule has 4 aromatic rings. The van der Waals surface area contributed by atoms with Gasteiger partial charge in [0.15, 0.2) is 0 Å². The molecule has 2 aromatic carbocycles. The molecule has 1 N–H and O–H groups in total. The van der Waals surface area contributed by atoms with Gasteiger partial charge in [-0.2, -0.15) is 0 Å². The summed E-state index contributed by atoms with van der Waals surface area (Å²) in [5.74, 6) is 1.40. The molecular formula is C27H28N4O2. The van der Waals surface area contributed by atoms with Gasteiger partial charge in [0, 0.05) is 49.1 Å². The Bertz CT molecular complexity index is 1390. The molecule has 6 nitrogen and oxygen atoms in total. The molecule has 0 atom stereocenters. The molecule has 0 unspecified atom stereocenters. The molecule has 1 saturated carbocycles. The highest BCUT2D eigenvalue weighted by Crippen LogP contribution is 2.35. The third kappa shape index (κ3) is 3.73. The fourth-order valence-electron chi connectivity index (χ4n) is 5.33. The second-order valence-corrected chi connectivity index (χ2v) is 9.40. The largest absolute Gasteiger partial charge is 0.361 e. The Morgan fingerprint density at radius 2 is 1.70 bits per heavy atom. The molecule has 1 saturated heterocycles. The van der Waals surface area contributed by atoms with E-state index in [1.165, 1.54) is 16.5 Å². The minimum absolute atomic E-state index is 0.0325. The number of para-hydroxylation sites is 2. The monoisotopic (exact) mass is 440 g/mol. The van der Waals surface area contributed by atoms with Crippen LogP contribution in [-0.4, -0.2) is 38.4 Å². The number of hydrogen-bond acceptors (Lipinski definition) is 3. The lowest BCUT2D eigenvalue weighted by atomic mass is 9.89. The lowest BCUT2D eigenvalue weighted by molar-refractivity contribution is -0.132. The van der Waals surface area contributed by atoms with Crippen LogP contribution in [0.25, 0.3) is 21.8 Å². The fraction of sp³-hybridized carbons (Fsp3) is 0.370. The van der Waals surface area contributed by atoms with Crippen LogP contribution < -0.4 is 5.56 Å². The van der Waals surface area contributed by atoms with Gasteiger partial charge in [-0.15, -0.1) is 0 Å². The average molecular weight is 441 g/mol. The first kappa shape index (κ1) is 20.2. The molecule has 6 rings (SSSR count). The number of nitrogens with one attached hydrogen (secondary N) is 1. The number of H-pyrrole nitrogens is 1. The van der Waals surface area contributed by atoms with E-state index in [1.54, 1.807) is 0 Å². The van der Waals surface area contributed by atoms with Crippen molar-refractivity contribution in [2.75, 3.05) is 13.1 Å².